The summed E-state index contributed by atoms with van der Waals surface area (Å²) in [5.74, 6) is 0.943. The Kier molecular flexibility index (Phi) is 4.56. The molecule has 1 saturated heterocycles. The molecule has 6 nitrogen and oxygen atoms in total. The number of fused-ring (bicyclic) bond motifs is 1. The van der Waals surface area contributed by atoms with E-state index in [1.807, 2.05) is 48.2 Å². The van der Waals surface area contributed by atoms with Crippen LogP contribution in [0.1, 0.15) is 31.4 Å². The minimum absolute atomic E-state index is 0.0806. The van der Waals surface area contributed by atoms with Crippen molar-refractivity contribution in [1.82, 2.24) is 19.9 Å². The second-order valence-corrected chi connectivity index (χ2v) is 6.48. The van der Waals surface area contributed by atoms with E-state index >= 15 is 0 Å². The van der Waals surface area contributed by atoms with Gasteiger partial charge in [-0.2, -0.15) is 0 Å². The molecule has 0 unspecified atom stereocenters. The highest BCUT2D eigenvalue weighted by Crippen LogP contribution is 2.33. The highest BCUT2D eigenvalue weighted by Gasteiger charge is 2.30. The van der Waals surface area contributed by atoms with Gasteiger partial charge in [-0.05, 0) is 49.6 Å². The molecular formula is C20H22N4O2. The molecule has 1 aliphatic rings. The van der Waals surface area contributed by atoms with Crippen LogP contribution >= 0.6 is 0 Å². The smallest absolute Gasteiger partial charge is 0.244 e. The second-order valence-electron chi connectivity index (χ2n) is 6.48. The Bertz CT molecular complexity index is 904. The monoisotopic (exact) mass is 350 g/mol. The largest absolute Gasteiger partial charge is 0.494 e. The van der Waals surface area contributed by atoms with Gasteiger partial charge in [0.15, 0.2) is 0 Å². The van der Waals surface area contributed by atoms with Gasteiger partial charge in [-0.15, -0.1) is 5.10 Å². The maximum Gasteiger partial charge on any atom is 0.244 e. The van der Waals surface area contributed by atoms with Gasteiger partial charge in [-0.1, -0.05) is 29.5 Å². The minimum atomic E-state index is 0.0806. The van der Waals surface area contributed by atoms with Crippen LogP contribution in [0.3, 0.4) is 0 Å². The van der Waals surface area contributed by atoms with Crippen molar-refractivity contribution in [1.29, 1.82) is 0 Å². The summed E-state index contributed by atoms with van der Waals surface area (Å²) in [7, 11) is 0. The van der Waals surface area contributed by atoms with Crippen molar-refractivity contribution in [3.05, 3.63) is 54.1 Å². The summed E-state index contributed by atoms with van der Waals surface area (Å²) in [5, 5.41) is 8.27. The number of aromatic nitrogens is 3. The molecule has 0 spiro atoms. The maximum atomic E-state index is 12.9. The predicted molar refractivity (Wildman–Crippen MR) is 98.8 cm³/mol. The first-order chi connectivity index (χ1) is 12.8. The molecule has 0 N–H and O–H groups in total. The van der Waals surface area contributed by atoms with E-state index in [-0.39, 0.29) is 18.5 Å². The van der Waals surface area contributed by atoms with Crippen molar-refractivity contribution in [3.63, 3.8) is 0 Å². The number of carbonyl (C=O) groups is 1. The topological polar surface area (TPSA) is 60.2 Å². The van der Waals surface area contributed by atoms with Crippen molar-refractivity contribution in [2.45, 2.75) is 32.4 Å². The lowest BCUT2D eigenvalue weighted by atomic mass is 10.0. The number of nitrogens with zero attached hydrogens (tertiary/aromatic N) is 4. The lowest BCUT2D eigenvalue weighted by Crippen LogP contribution is -2.33. The molecular weight excluding hydrogens is 328 g/mol. The van der Waals surface area contributed by atoms with Gasteiger partial charge in [0.1, 0.15) is 17.8 Å². The number of hydrogen-bond donors (Lipinski definition) is 0. The van der Waals surface area contributed by atoms with Gasteiger partial charge >= 0.3 is 0 Å². The van der Waals surface area contributed by atoms with Crippen LogP contribution in [0.4, 0.5) is 0 Å². The molecule has 1 aromatic heterocycles. The van der Waals surface area contributed by atoms with Crippen LogP contribution in [0.25, 0.3) is 11.0 Å². The van der Waals surface area contributed by atoms with Crippen LogP contribution in [-0.4, -0.2) is 39.0 Å². The Morgan fingerprint density at radius 1 is 1.19 bits per heavy atom. The van der Waals surface area contributed by atoms with E-state index in [2.05, 4.69) is 22.4 Å². The van der Waals surface area contributed by atoms with E-state index in [0.29, 0.717) is 6.61 Å². The maximum absolute atomic E-state index is 12.9. The number of amides is 1. The van der Waals surface area contributed by atoms with E-state index in [9.17, 15) is 4.79 Å². The van der Waals surface area contributed by atoms with Crippen LogP contribution in [0.5, 0.6) is 5.75 Å². The number of hydrogen-bond acceptors (Lipinski definition) is 4. The number of ether oxygens (including phenoxy) is 1. The zero-order chi connectivity index (χ0) is 17.9. The number of likely N-dealkylation sites (tertiary alicyclic amines) is 1. The molecule has 3 aromatic rings. The fourth-order valence-corrected chi connectivity index (χ4v) is 3.62. The van der Waals surface area contributed by atoms with Crippen molar-refractivity contribution in [2.24, 2.45) is 0 Å². The van der Waals surface area contributed by atoms with Crippen molar-refractivity contribution in [3.8, 4) is 5.75 Å². The first-order valence-electron chi connectivity index (χ1n) is 9.06. The Morgan fingerprint density at radius 3 is 2.81 bits per heavy atom. The predicted octanol–water partition coefficient (Wildman–Crippen LogP) is 3.19. The van der Waals surface area contributed by atoms with Crippen LogP contribution in [0.2, 0.25) is 0 Å². The number of rotatable bonds is 5. The van der Waals surface area contributed by atoms with Crippen molar-refractivity contribution < 1.29 is 9.53 Å². The fourth-order valence-electron chi connectivity index (χ4n) is 3.62. The molecule has 4 rings (SSSR count). The van der Waals surface area contributed by atoms with Gasteiger partial charge in [0, 0.05) is 6.54 Å². The van der Waals surface area contributed by atoms with Crippen LogP contribution < -0.4 is 4.74 Å². The summed E-state index contributed by atoms with van der Waals surface area (Å²) in [6.45, 7) is 3.62. The van der Waals surface area contributed by atoms with Gasteiger partial charge in [0.25, 0.3) is 0 Å². The SMILES string of the molecule is CCOc1ccc([C@@H]2CCCN2C(=O)Cn2nnc3ccccc32)cc1. The van der Waals surface area contributed by atoms with E-state index < -0.39 is 0 Å². The molecule has 26 heavy (non-hydrogen) atoms. The molecule has 2 heterocycles. The lowest BCUT2D eigenvalue weighted by molar-refractivity contribution is -0.132. The number of benzene rings is 2. The van der Waals surface area contributed by atoms with Gasteiger partial charge < -0.3 is 9.64 Å². The molecule has 0 radical (unpaired) electrons. The van der Waals surface area contributed by atoms with E-state index in [1.54, 1.807) is 4.68 Å². The normalized spacial score (nSPS) is 17.0. The Labute approximate surface area is 152 Å². The Balaban J connectivity index is 1.51. The minimum Gasteiger partial charge on any atom is -0.494 e. The summed E-state index contributed by atoms with van der Waals surface area (Å²) in [6, 6.07) is 15.9. The molecule has 1 atom stereocenters. The lowest BCUT2D eigenvalue weighted by Gasteiger charge is -2.25. The number of carbonyl (C=O) groups excluding carboxylic acids is 1. The van der Waals surface area contributed by atoms with E-state index in [1.165, 1.54) is 0 Å². The third-order valence-corrected chi connectivity index (χ3v) is 4.85. The van der Waals surface area contributed by atoms with Crippen LogP contribution in [0, 0.1) is 0 Å². The fraction of sp³-hybridized carbons (Fsp3) is 0.350. The van der Waals surface area contributed by atoms with Gasteiger partial charge in [-0.25, -0.2) is 4.68 Å². The molecule has 0 bridgehead atoms. The first kappa shape index (κ1) is 16.6. The molecule has 6 heteroatoms. The van der Waals surface area contributed by atoms with E-state index in [0.717, 1.165) is 41.7 Å². The zero-order valence-corrected chi connectivity index (χ0v) is 14.8. The highest BCUT2D eigenvalue weighted by atomic mass is 16.5. The average molecular weight is 350 g/mol. The summed E-state index contributed by atoms with van der Waals surface area (Å²) in [6.07, 6.45) is 2.00. The molecule has 1 amide bonds. The standard InChI is InChI=1S/C20H22N4O2/c1-2-26-16-11-9-15(10-12-16)18-8-5-13-23(18)20(25)14-24-19-7-4-3-6-17(19)21-22-24/h3-4,6-7,9-12,18H,2,5,8,13-14H2,1H3/t18-/m0/s1. The highest BCUT2D eigenvalue weighted by molar-refractivity contribution is 5.80. The summed E-state index contributed by atoms with van der Waals surface area (Å²) in [5.41, 5.74) is 2.85. The quantitative estimate of drug-likeness (QED) is 0.709. The molecule has 0 aliphatic carbocycles. The van der Waals surface area contributed by atoms with Crippen LogP contribution in [-0.2, 0) is 11.3 Å². The van der Waals surface area contributed by atoms with Gasteiger partial charge in [0.2, 0.25) is 5.91 Å². The second kappa shape index (κ2) is 7.15. The molecule has 1 fully saturated rings. The summed E-state index contributed by atoms with van der Waals surface area (Å²) < 4.78 is 7.20. The molecule has 1 aliphatic heterocycles. The van der Waals surface area contributed by atoms with E-state index in [4.69, 9.17) is 4.74 Å². The summed E-state index contributed by atoms with van der Waals surface area (Å²) >= 11 is 0. The molecule has 2 aromatic carbocycles. The Hall–Kier alpha value is -2.89. The zero-order valence-electron chi connectivity index (χ0n) is 14.8. The van der Waals surface area contributed by atoms with Crippen molar-refractivity contribution >= 4 is 16.9 Å². The summed E-state index contributed by atoms with van der Waals surface area (Å²) in [4.78, 5) is 14.9. The van der Waals surface area contributed by atoms with Gasteiger partial charge in [0.05, 0.1) is 18.2 Å². The Morgan fingerprint density at radius 2 is 2.00 bits per heavy atom. The van der Waals surface area contributed by atoms with Crippen molar-refractivity contribution in [2.75, 3.05) is 13.2 Å². The molecule has 0 saturated carbocycles. The third kappa shape index (κ3) is 3.14. The average Bonchev–Trinajstić information content (AvgIpc) is 3.30. The third-order valence-electron chi connectivity index (χ3n) is 4.85. The number of para-hydroxylation sites is 1. The first-order valence-corrected chi connectivity index (χ1v) is 9.06. The van der Waals surface area contributed by atoms with Gasteiger partial charge in [-0.3, -0.25) is 4.79 Å². The molecule has 134 valence electrons. The van der Waals surface area contributed by atoms with Crippen LogP contribution in [0.15, 0.2) is 48.5 Å².